The molecule has 0 saturated heterocycles. The second-order valence-electron chi connectivity index (χ2n) is 5.87. The highest BCUT2D eigenvalue weighted by atomic mass is 16.5. The van der Waals surface area contributed by atoms with Crippen molar-refractivity contribution < 1.29 is 9.47 Å². The van der Waals surface area contributed by atoms with Crippen LogP contribution in [0.2, 0.25) is 0 Å². The lowest BCUT2D eigenvalue weighted by Gasteiger charge is -2.02. The van der Waals surface area contributed by atoms with Crippen molar-refractivity contribution in [1.29, 1.82) is 0 Å². The minimum absolute atomic E-state index is 0.501. The number of nitrogens with zero attached hydrogens (tertiary/aromatic N) is 2. The van der Waals surface area contributed by atoms with Crippen LogP contribution in [-0.2, 0) is 22.3 Å². The molecule has 2 aromatic rings. The lowest BCUT2D eigenvalue weighted by Crippen LogP contribution is -2.14. The molecule has 0 aliphatic carbocycles. The number of benzene rings is 2. The Morgan fingerprint density at radius 1 is 0.625 bits per heavy atom. The van der Waals surface area contributed by atoms with Gasteiger partial charge in [-0.25, -0.2) is 9.98 Å². The second kappa shape index (κ2) is 6.87. The van der Waals surface area contributed by atoms with E-state index in [4.69, 9.17) is 9.47 Å². The molecule has 0 saturated carbocycles. The normalized spacial score (nSPS) is 18.0. The van der Waals surface area contributed by atoms with E-state index in [1.54, 1.807) is 0 Å². The van der Waals surface area contributed by atoms with Gasteiger partial charge < -0.3 is 9.47 Å². The van der Waals surface area contributed by atoms with E-state index in [1.807, 2.05) is 36.4 Å². The predicted octanol–water partition coefficient (Wildman–Crippen LogP) is 3.39. The summed E-state index contributed by atoms with van der Waals surface area (Å²) in [6.07, 6.45) is 1.58. The third-order valence-electron chi connectivity index (χ3n) is 3.96. The van der Waals surface area contributed by atoms with Crippen LogP contribution in [-0.4, -0.2) is 25.0 Å². The first-order valence-electron chi connectivity index (χ1n) is 8.07. The van der Waals surface area contributed by atoms with Gasteiger partial charge >= 0.3 is 0 Å². The first kappa shape index (κ1) is 14.9. The Labute approximate surface area is 141 Å². The molecule has 4 heteroatoms. The van der Waals surface area contributed by atoms with E-state index < -0.39 is 0 Å². The van der Waals surface area contributed by atoms with Crippen LogP contribution in [0.4, 0.5) is 0 Å². The summed E-state index contributed by atoms with van der Waals surface area (Å²) in [6.45, 7) is 1.00. The molecular formula is C20H18N2O2. The van der Waals surface area contributed by atoms with E-state index in [1.165, 1.54) is 11.1 Å². The van der Waals surface area contributed by atoms with Crippen LogP contribution in [0.1, 0.15) is 11.1 Å². The SMILES string of the molecule is c1ccc(C[C]2COC(C3=N[C](Cc4ccccc4)CO3)=N2)cc1. The van der Waals surface area contributed by atoms with Crippen LogP contribution in [0.3, 0.4) is 0 Å². The molecule has 2 aliphatic heterocycles. The Bertz CT molecular complexity index is 675. The van der Waals surface area contributed by atoms with E-state index in [-0.39, 0.29) is 0 Å². The summed E-state index contributed by atoms with van der Waals surface area (Å²) in [4.78, 5) is 9.10. The highest BCUT2D eigenvalue weighted by molar-refractivity contribution is 6.36. The maximum Gasteiger partial charge on any atom is 0.273 e. The van der Waals surface area contributed by atoms with Crippen molar-refractivity contribution >= 4 is 11.8 Å². The molecule has 2 radical (unpaired) electrons. The minimum Gasteiger partial charge on any atom is -0.471 e. The Balaban J connectivity index is 1.39. The van der Waals surface area contributed by atoms with Crippen molar-refractivity contribution in [2.75, 3.05) is 13.2 Å². The highest BCUT2D eigenvalue weighted by Crippen LogP contribution is 2.23. The van der Waals surface area contributed by atoms with Gasteiger partial charge in [0.05, 0.1) is 0 Å². The quantitative estimate of drug-likeness (QED) is 0.848. The molecule has 2 aliphatic rings. The van der Waals surface area contributed by atoms with Crippen LogP contribution in [0.15, 0.2) is 70.6 Å². The monoisotopic (exact) mass is 318 g/mol. The highest BCUT2D eigenvalue weighted by Gasteiger charge is 2.30. The van der Waals surface area contributed by atoms with Gasteiger partial charge in [-0.3, -0.25) is 0 Å². The molecule has 0 atom stereocenters. The fraction of sp³-hybridized carbons (Fsp3) is 0.200. The number of hydrogen-bond acceptors (Lipinski definition) is 4. The van der Waals surface area contributed by atoms with Crippen LogP contribution in [0.5, 0.6) is 0 Å². The molecular weight excluding hydrogens is 300 g/mol. The maximum atomic E-state index is 5.66. The van der Waals surface area contributed by atoms with Crippen molar-refractivity contribution in [3.05, 3.63) is 83.9 Å². The molecule has 0 N–H and O–H groups in total. The molecule has 0 amide bonds. The average molecular weight is 318 g/mol. The van der Waals surface area contributed by atoms with Gasteiger partial charge in [-0.2, -0.15) is 0 Å². The van der Waals surface area contributed by atoms with Crippen LogP contribution in [0.25, 0.3) is 0 Å². The predicted molar refractivity (Wildman–Crippen MR) is 93.6 cm³/mol. The van der Waals surface area contributed by atoms with Crippen LogP contribution in [0, 0.1) is 12.1 Å². The molecule has 0 fully saturated rings. The van der Waals surface area contributed by atoms with Gasteiger partial charge in [-0.05, 0) is 11.1 Å². The van der Waals surface area contributed by atoms with E-state index in [2.05, 4.69) is 34.3 Å². The molecule has 4 rings (SSSR count). The summed E-state index contributed by atoms with van der Waals surface area (Å²) < 4.78 is 11.3. The van der Waals surface area contributed by atoms with Crippen molar-refractivity contribution in [2.45, 2.75) is 12.8 Å². The molecule has 24 heavy (non-hydrogen) atoms. The number of aliphatic imine (C=N–C) groups is 2. The molecule has 0 aromatic heterocycles. The number of rotatable bonds is 5. The lowest BCUT2D eigenvalue weighted by molar-refractivity contribution is 0.318. The summed E-state index contributed by atoms with van der Waals surface area (Å²) in [7, 11) is 0. The van der Waals surface area contributed by atoms with E-state index >= 15 is 0 Å². The first-order valence-corrected chi connectivity index (χ1v) is 8.07. The number of ether oxygens (including phenoxy) is 2. The third kappa shape index (κ3) is 3.48. The smallest absolute Gasteiger partial charge is 0.273 e. The maximum absolute atomic E-state index is 5.66. The summed E-state index contributed by atoms with van der Waals surface area (Å²) in [5.41, 5.74) is 2.46. The summed E-state index contributed by atoms with van der Waals surface area (Å²) in [6, 6.07) is 22.5. The van der Waals surface area contributed by atoms with E-state index in [9.17, 15) is 0 Å². The summed E-state index contributed by atoms with van der Waals surface area (Å²) in [5.74, 6) is 1.01. The zero-order valence-corrected chi connectivity index (χ0v) is 13.3. The van der Waals surface area contributed by atoms with Crippen LogP contribution < -0.4 is 0 Å². The fourth-order valence-electron chi connectivity index (χ4n) is 2.78. The minimum atomic E-state index is 0.501. The topological polar surface area (TPSA) is 43.2 Å². The van der Waals surface area contributed by atoms with Crippen molar-refractivity contribution in [1.82, 2.24) is 0 Å². The van der Waals surface area contributed by atoms with Gasteiger partial charge in [-0.1, -0.05) is 60.7 Å². The largest absolute Gasteiger partial charge is 0.471 e. The van der Waals surface area contributed by atoms with Gasteiger partial charge in [0.15, 0.2) is 0 Å². The molecule has 0 unspecified atom stereocenters. The van der Waals surface area contributed by atoms with Gasteiger partial charge in [0, 0.05) is 12.8 Å². The molecule has 4 nitrogen and oxygen atoms in total. The summed E-state index contributed by atoms with van der Waals surface area (Å²) >= 11 is 0. The zero-order valence-electron chi connectivity index (χ0n) is 13.3. The Morgan fingerprint density at radius 3 is 1.46 bits per heavy atom. The average Bonchev–Trinajstić information content (AvgIpc) is 3.26. The van der Waals surface area contributed by atoms with Gasteiger partial charge in [-0.15, -0.1) is 0 Å². The molecule has 0 bridgehead atoms. The molecule has 120 valence electrons. The standard InChI is InChI=1S/C20H18N2O2/c1-3-7-15(8-4-1)11-17-13-23-19(21-17)20-22-18(14-24-20)12-16-9-5-2-6-10-16/h1-10H,11-14H2. The number of hydrogen-bond donors (Lipinski definition) is 0. The van der Waals surface area contributed by atoms with Crippen molar-refractivity contribution in [2.24, 2.45) is 9.98 Å². The Kier molecular flexibility index (Phi) is 4.28. The fourth-order valence-corrected chi connectivity index (χ4v) is 2.78. The first-order chi connectivity index (χ1) is 11.9. The summed E-state index contributed by atoms with van der Waals surface area (Å²) in [5, 5.41) is 0. The third-order valence-corrected chi connectivity index (χ3v) is 3.96. The Hall–Kier alpha value is -2.62. The molecule has 2 aromatic carbocycles. The molecule has 0 spiro atoms. The second-order valence-corrected chi connectivity index (χ2v) is 5.87. The van der Waals surface area contributed by atoms with Gasteiger partial charge in [0.1, 0.15) is 25.3 Å². The van der Waals surface area contributed by atoms with E-state index in [0.29, 0.717) is 25.0 Å². The molecule has 2 heterocycles. The van der Waals surface area contributed by atoms with Crippen LogP contribution >= 0.6 is 0 Å². The zero-order chi connectivity index (χ0) is 16.2. The van der Waals surface area contributed by atoms with Gasteiger partial charge in [0.25, 0.3) is 11.8 Å². The van der Waals surface area contributed by atoms with E-state index in [0.717, 1.165) is 24.9 Å². The lowest BCUT2D eigenvalue weighted by atomic mass is 10.1. The van der Waals surface area contributed by atoms with Crippen molar-refractivity contribution in [3.63, 3.8) is 0 Å². The van der Waals surface area contributed by atoms with Crippen molar-refractivity contribution in [3.8, 4) is 0 Å². The van der Waals surface area contributed by atoms with Gasteiger partial charge in [0.2, 0.25) is 0 Å². The Morgan fingerprint density at radius 2 is 1.04 bits per heavy atom.